The third-order valence-electron chi connectivity index (χ3n) is 4.31. The van der Waals surface area contributed by atoms with E-state index < -0.39 is 20.2 Å². The van der Waals surface area contributed by atoms with Crippen LogP contribution >= 0.6 is 0 Å². The molecule has 0 aliphatic carbocycles. The highest BCUT2D eigenvalue weighted by atomic mass is 32.2. The number of hydrogen-bond acceptors (Lipinski definition) is 7. The van der Waals surface area contributed by atoms with Crippen molar-refractivity contribution < 1.29 is 29.9 Å². The summed E-state index contributed by atoms with van der Waals surface area (Å²) in [5.41, 5.74) is 3.25. The molecule has 9 heteroatoms. The van der Waals surface area contributed by atoms with Crippen molar-refractivity contribution in [2.24, 2.45) is 0 Å². The van der Waals surface area contributed by atoms with E-state index in [-0.39, 0.29) is 13.2 Å². The molecule has 0 saturated heterocycles. The average Bonchev–Trinajstić information content (AvgIpc) is 2.75. The predicted molar refractivity (Wildman–Crippen MR) is 111 cm³/mol. The molecule has 0 unspecified atom stereocenters. The Kier molecular flexibility index (Phi) is 6.42. The average molecular weight is 439 g/mol. The first-order valence-electron chi connectivity index (χ1n) is 8.91. The molecule has 1 heterocycles. The third kappa shape index (κ3) is 5.89. The SMILES string of the molecule is CS(=O)(=O)OCCC1=C(CCOS(C)(=O)=O)c2ccccc2Oc2ccccc21. The summed E-state index contributed by atoms with van der Waals surface area (Å²) in [6.07, 6.45) is 2.61. The molecule has 0 radical (unpaired) electrons. The molecule has 0 N–H and O–H groups in total. The van der Waals surface area contributed by atoms with Crippen LogP contribution in [0, 0.1) is 0 Å². The fourth-order valence-corrected chi connectivity index (χ4v) is 3.99. The fourth-order valence-electron chi connectivity index (χ4n) is 3.21. The number of benzene rings is 2. The van der Waals surface area contributed by atoms with Crippen molar-refractivity contribution in [3.63, 3.8) is 0 Å². The second-order valence-electron chi connectivity index (χ2n) is 6.60. The Bertz CT molecular complexity index is 1040. The summed E-state index contributed by atoms with van der Waals surface area (Å²) in [4.78, 5) is 0. The lowest BCUT2D eigenvalue weighted by atomic mass is 9.91. The van der Waals surface area contributed by atoms with E-state index in [9.17, 15) is 16.8 Å². The summed E-state index contributed by atoms with van der Waals surface area (Å²) in [6, 6.07) is 14.9. The van der Waals surface area contributed by atoms with Crippen LogP contribution in [0.4, 0.5) is 0 Å². The second kappa shape index (κ2) is 8.66. The maximum Gasteiger partial charge on any atom is 0.264 e. The van der Waals surface area contributed by atoms with Crippen LogP contribution in [0.2, 0.25) is 0 Å². The summed E-state index contributed by atoms with van der Waals surface area (Å²) >= 11 is 0. The van der Waals surface area contributed by atoms with Crippen molar-refractivity contribution in [1.82, 2.24) is 0 Å². The molecule has 156 valence electrons. The molecule has 1 aliphatic rings. The van der Waals surface area contributed by atoms with E-state index in [0.717, 1.165) is 34.8 Å². The van der Waals surface area contributed by atoms with E-state index in [1.165, 1.54) is 0 Å². The highest BCUT2D eigenvalue weighted by Crippen LogP contribution is 2.44. The molecule has 3 rings (SSSR count). The van der Waals surface area contributed by atoms with Crippen LogP contribution in [-0.2, 0) is 28.6 Å². The van der Waals surface area contributed by atoms with E-state index in [2.05, 4.69) is 0 Å². The standard InChI is InChI=1S/C20H22O7S2/c1-28(21,22)25-13-11-15-16(12-14-26-29(2,23)24)18-8-4-6-10-20(18)27-19-9-5-3-7-17(15)19/h3-10H,11-14H2,1-2H3. The number of hydrogen-bond donors (Lipinski definition) is 0. The van der Waals surface area contributed by atoms with Crippen molar-refractivity contribution in [3.05, 3.63) is 59.7 Å². The minimum absolute atomic E-state index is 0.0406. The van der Waals surface area contributed by atoms with Gasteiger partial charge in [0.15, 0.2) is 0 Å². The van der Waals surface area contributed by atoms with Crippen LogP contribution in [0.25, 0.3) is 11.1 Å². The van der Waals surface area contributed by atoms with E-state index in [0.29, 0.717) is 24.3 Å². The molecule has 0 spiro atoms. The normalized spacial score (nSPS) is 14.0. The molecular formula is C20H22O7S2. The van der Waals surface area contributed by atoms with Crippen LogP contribution in [0.15, 0.2) is 48.5 Å². The summed E-state index contributed by atoms with van der Waals surface area (Å²) < 4.78 is 61.6. The van der Waals surface area contributed by atoms with Gasteiger partial charge in [-0.2, -0.15) is 16.8 Å². The summed E-state index contributed by atoms with van der Waals surface area (Å²) in [5.74, 6) is 1.27. The topological polar surface area (TPSA) is 96.0 Å². The lowest BCUT2D eigenvalue weighted by molar-refractivity contribution is 0.327. The minimum Gasteiger partial charge on any atom is -0.456 e. The summed E-state index contributed by atoms with van der Waals surface area (Å²) in [7, 11) is -7.17. The molecule has 2 aromatic rings. The predicted octanol–water partition coefficient (Wildman–Crippen LogP) is 3.44. The quantitative estimate of drug-likeness (QED) is 0.583. The Morgan fingerprint density at radius 3 is 1.45 bits per heavy atom. The maximum atomic E-state index is 11.4. The van der Waals surface area contributed by atoms with Crippen LogP contribution in [0.5, 0.6) is 11.5 Å². The Labute approximate surface area is 171 Å². The molecule has 0 aromatic heterocycles. The molecule has 0 amide bonds. The van der Waals surface area contributed by atoms with Gasteiger partial charge in [-0.05, 0) is 36.1 Å². The van der Waals surface area contributed by atoms with E-state index in [4.69, 9.17) is 13.1 Å². The first kappa shape index (κ1) is 21.5. The Morgan fingerprint density at radius 1 is 0.690 bits per heavy atom. The molecule has 0 bridgehead atoms. The zero-order valence-electron chi connectivity index (χ0n) is 16.1. The van der Waals surface area contributed by atoms with Gasteiger partial charge in [-0.1, -0.05) is 36.4 Å². The summed E-state index contributed by atoms with van der Waals surface area (Å²) in [6.45, 7) is -0.0811. The monoisotopic (exact) mass is 438 g/mol. The minimum atomic E-state index is -3.58. The van der Waals surface area contributed by atoms with Gasteiger partial charge in [0.1, 0.15) is 11.5 Å². The van der Waals surface area contributed by atoms with E-state index in [1.807, 2.05) is 48.5 Å². The van der Waals surface area contributed by atoms with Crippen molar-refractivity contribution in [1.29, 1.82) is 0 Å². The van der Waals surface area contributed by atoms with Crippen LogP contribution in [0.3, 0.4) is 0 Å². The van der Waals surface area contributed by atoms with Gasteiger partial charge < -0.3 is 4.74 Å². The van der Waals surface area contributed by atoms with Gasteiger partial charge >= 0.3 is 0 Å². The van der Waals surface area contributed by atoms with Crippen molar-refractivity contribution in [2.45, 2.75) is 12.8 Å². The van der Waals surface area contributed by atoms with Crippen LogP contribution < -0.4 is 4.74 Å². The smallest absolute Gasteiger partial charge is 0.264 e. The van der Waals surface area contributed by atoms with Gasteiger partial charge in [0.05, 0.1) is 25.7 Å². The zero-order chi connectivity index (χ0) is 21.1. The summed E-state index contributed by atoms with van der Waals surface area (Å²) in [5, 5.41) is 0. The largest absolute Gasteiger partial charge is 0.456 e. The molecule has 1 aliphatic heterocycles. The Morgan fingerprint density at radius 2 is 1.07 bits per heavy atom. The molecule has 0 saturated carbocycles. The Hall–Kier alpha value is -2.20. The number of para-hydroxylation sites is 2. The van der Waals surface area contributed by atoms with Crippen molar-refractivity contribution in [2.75, 3.05) is 25.7 Å². The third-order valence-corrected chi connectivity index (χ3v) is 5.50. The van der Waals surface area contributed by atoms with Crippen molar-refractivity contribution in [3.8, 4) is 11.5 Å². The first-order valence-corrected chi connectivity index (χ1v) is 12.5. The fraction of sp³-hybridized carbons (Fsp3) is 0.300. The second-order valence-corrected chi connectivity index (χ2v) is 9.89. The molecule has 0 atom stereocenters. The maximum absolute atomic E-state index is 11.4. The molecule has 7 nitrogen and oxygen atoms in total. The van der Waals surface area contributed by atoms with Gasteiger partial charge in [0, 0.05) is 11.1 Å². The van der Waals surface area contributed by atoms with Gasteiger partial charge in [0.25, 0.3) is 20.2 Å². The Balaban J connectivity index is 2.08. The molecule has 29 heavy (non-hydrogen) atoms. The van der Waals surface area contributed by atoms with E-state index >= 15 is 0 Å². The number of ether oxygens (including phenoxy) is 1. The van der Waals surface area contributed by atoms with Gasteiger partial charge in [0.2, 0.25) is 0 Å². The number of rotatable bonds is 8. The van der Waals surface area contributed by atoms with E-state index in [1.54, 1.807) is 0 Å². The molecule has 2 aromatic carbocycles. The van der Waals surface area contributed by atoms with Gasteiger partial charge in [-0.15, -0.1) is 0 Å². The lowest BCUT2D eigenvalue weighted by Crippen LogP contribution is -2.07. The van der Waals surface area contributed by atoms with Crippen molar-refractivity contribution >= 4 is 31.4 Å². The first-order chi connectivity index (χ1) is 13.6. The highest BCUT2D eigenvalue weighted by molar-refractivity contribution is 7.86. The number of fused-ring (bicyclic) bond motifs is 2. The lowest BCUT2D eigenvalue weighted by Gasteiger charge is -2.15. The zero-order valence-corrected chi connectivity index (χ0v) is 17.8. The van der Waals surface area contributed by atoms with Gasteiger partial charge in [-0.3, -0.25) is 8.37 Å². The highest BCUT2D eigenvalue weighted by Gasteiger charge is 2.23. The van der Waals surface area contributed by atoms with Gasteiger partial charge in [-0.25, -0.2) is 0 Å². The van der Waals surface area contributed by atoms with Crippen LogP contribution in [-0.4, -0.2) is 42.6 Å². The molecule has 0 fully saturated rings. The molecular weight excluding hydrogens is 416 g/mol. The van der Waals surface area contributed by atoms with Crippen LogP contribution in [0.1, 0.15) is 24.0 Å².